The summed E-state index contributed by atoms with van der Waals surface area (Å²) in [5.74, 6) is -1.46. The summed E-state index contributed by atoms with van der Waals surface area (Å²) in [6, 6.07) is 6.16. The van der Waals surface area contributed by atoms with Crippen LogP contribution in [0.15, 0.2) is 18.2 Å². The molecule has 2 aliphatic heterocycles. The molecule has 1 aromatic heterocycles. The number of pyridine rings is 1. The number of halogens is 3. The Hall–Kier alpha value is -2.32. The van der Waals surface area contributed by atoms with Crippen molar-refractivity contribution < 1.29 is 27.9 Å². The van der Waals surface area contributed by atoms with Crippen LogP contribution >= 0.6 is 0 Å². The van der Waals surface area contributed by atoms with Crippen molar-refractivity contribution in [1.82, 2.24) is 10.3 Å². The Bertz CT molecular complexity index is 656. The van der Waals surface area contributed by atoms with Gasteiger partial charge in [0.2, 0.25) is 5.91 Å². The maximum Gasteiger partial charge on any atom is 0.490 e. The number of anilines is 1. The molecule has 2 saturated heterocycles. The summed E-state index contributed by atoms with van der Waals surface area (Å²) < 4.78 is 31.7. The van der Waals surface area contributed by atoms with Crippen molar-refractivity contribution in [2.75, 3.05) is 18.0 Å². The molecule has 1 aromatic rings. The van der Waals surface area contributed by atoms with Gasteiger partial charge in [-0.05, 0) is 44.7 Å². The highest BCUT2D eigenvalue weighted by Gasteiger charge is 2.39. The van der Waals surface area contributed by atoms with Crippen LogP contribution in [0.5, 0.6) is 0 Å². The molecule has 1 amide bonds. The Morgan fingerprint density at radius 3 is 2.38 bits per heavy atom. The van der Waals surface area contributed by atoms with E-state index in [-0.39, 0.29) is 11.4 Å². The second-order valence-electron chi connectivity index (χ2n) is 6.61. The first-order chi connectivity index (χ1) is 12.1. The van der Waals surface area contributed by atoms with Crippen LogP contribution in [-0.2, 0) is 9.59 Å². The van der Waals surface area contributed by atoms with Crippen LogP contribution in [0.3, 0.4) is 0 Å². The number of hydrogen-bond acceptors (Lipinski definition) is 4. The predicted octanol–water partition coefficient (Wildman–Crippen LogP) is 2.66. The lowest BCUT2D eigenvalue weighted by molar-refractivity contribution is -0.192. The molecular weight excluding hydrogens is 351 g/mol. The van der Waals surface area contributed by atoms with Crippen molar-refractivity contribution in [2.24, 2.45) is 0 Å². The topological polar surface area (TPSA) is 82.5 Å². The van der Waals surface area contributed by atoms with Crippen molar-refractivity contribution in [3.8, 4) is 0 Å². The number of carbonyl (C=O) groups excluding carboxylic acids is 1. The highest BCUT2D eigenvalue weighted by atomic mass is 19.4. The Morgan fingerprint density at radius 1 is 1.27 bits per heavy atom. The Kier molecular flexibility index (Phi) is 6.09. The Morgan fingerprint density at radius 2 is 1.88 bits per heavy atom. The SMILES string of the molecule is Cc1cccc(N2CCC3(CCCC(=O)N3)CC2)n1.O=C(O)C(F)(F)F. The zero-order valence-electron chi connectivity index (χ0n) is 14.5. The average molecular weight is 373 g/mol. The highest BCUT2D eigenvalue weighted by Crippen LogP contribution is 2.32. The molecule has 0 atom stereocenters. The molecule has 3 heterocycles. The van der Waals surface area contributed by atoms with E-state index in [4.69, 9.17) is 9.90 Å². The van der Waals surface area contributed by atoms with Gasteiger partial charge in [-0.3, -0.25) is 4.79 Å². The van der Waals surface area contributed by atoms with Crippen molar-refractivity contribution >= 4 is 17.7 Å². The quantitative estimate of drug-likeness (QED) is 0.791. The summed E-state index contributed by atoms with van der Waals surface area (Å²) in [4.78, 5) is 27.4. The minimum atomic E-state index is -5.08. The maximum atomic E-state index is 11.6. The van der Waals surface area contributed by atoms with Gasteiger partial charge in [-0.15, -0.1) is 0 Å². The summed E-state index contributed by atoms with van der Waals surface area (Å²) in [7, 11) is 0. The molecule has 6 nitrogen and oxygen atoms in total. The Labute approximate surface area is 149 Å². The minimum absolute atomic E-state index is 0.0651. The molecule has 0 radical (unpaired) electrons. The van der Waals surface area contributed by atoms with Gasteiger partial charge < -0.3 is 15.3 Å². The summed E-state index contributed by atoms with van der Waals surface area (Å²) in [5, 5.41) is 10.4. The standard InChI is InChI=1S/C15H21N3O.C2HF3O2/c1-12-4-2-5-13(16-12)18-10-8-15(9-11-18)7-3-6-14(19)17-15;3-2(4,5)1(6)7/h2,4-5H,3,6-11H2,1H3,(H,17,19);(H,6,7). The lowest BCUT2D eigenvalue weighted by Gasteiger charge is -2.45. The molecule has 0 unspecified atom stereocenters. The highest BCUT2D eigenvalue weighted by molar-refractivity contribution is 5.77. The lowest BCUT2D eigenvalue weighted by Crippen LogP contribution is -2.57. The van der Waals surface area contributed by atoms with E-state index in [1.54, 1.807) is 0 Å². The van der Waals surface area contributed by atoms with E-state index in [1.165, 1.54) is 0 Å². The first-order valence-corrected chi connectivity index (χ1v) is 8.41. The Balaban J connectivity index is 0.000000298. The van der Waals surface area contributed by atoms with Gasteiger partial charge in [0.1, 0.15) is 5.82 Å². The molecule has 3 rings (SSSR count). The van der Waals surface area contributed by atoms with Gasteiger partial charge in [-0.2, -0.15) is 13.2 Å². The van der Waals surface area contributed by atoms with E-state index in [2.05, 4.69) is 27.3 Å². The van der Waals surface area contributed by atoms with Gasteiger partial charge in [-0.25, -0.2) is 9.78 Å². The molecule has 0 aliphatic carbocycles. The van der Waals surface area contributed by atoms with Crippen LogP contribution in [0.4, 0.5) is 19.0 Å². The first kappa shape index (κ1) is 20.0. The summed E-state index contributed by atoms with van der Waals surface area (Å²) in [6.45, 7) is 3.99. The van der Waals surface area contributed by atoms with Crippen LogP contribution in [-0.4, -0.2) is 46.8 Å². The number of rotatable bonds is 1. The van der Waals surface area contributed by atoms with Crippen LogP contribution in [0.2, 0.25) is 0 Å². The number of carboxylic acids is 1. The molecule has 2 aliphatic rings. The average Bonchev–Trinajstić information content (AvgIpc) is 2.55. The molecule has 26 heavy (non-hydrogen) atoms. The zero-order chi connectivity index (χ0) is 19.4. The maximum absolute atomic E-state index is 11.6. The number of alkyl halides is 3. The summed E-state index contributed by atoms with van der Waals surface area (Å²) in [6.07, 6.45) is -0.143. The number of aryl methyl sites for hydroxylation is 1. The molecule has 9 heteroatoms. The molecule has 2 fully saturated rings. The predicted molar refractivity (Wildman–Crippen MR) is 88.8 cm³/mol. The summed E-state index contributed by atoms with van der Waals surface area (Å²) in [5.41, 5.74) is 1.12. The number of nitrogens with zero attached hydrogens (tertiary/aromatic N) is 2. The molecule has 144 valence electrons. The third-order valence-electron chi connectivity index (χ3n) is 4.62. The second kappa shape index (κ2) is 7.92. The smallest absolute Gasteiger partial charge is 0.475 e. The van der Waals surface area contributed by atoms with Gasteiger partial charge in [0.25, 0.3) is 0 Å². The van der Waals surface area contributed by atoms with Gasteiger partial charge >= 0.3 is 12.1 Å². The number of nitrogens with one attached hydrogen (secondary N) is 1. The molecule has 0 saturated carbocycles. The van der Waals surface area contributed by atoms with E-state index in [1.807, 2.05) is 13.0 Å². The van der Waals surface area contributed by atoms with Crippen LogP contribution < -0.4 is 10.2 Å². The number of piperidine rings is 2. The van der Waals surface area contributed by atoms with Crippen molar-refractivity contribution in [2.45, 2.75) is 50.7 Å². The van der Waals surface area contributed by atoms with Crippen LogP contribution in [0.25, 0.3) is 0 Å². The van der Waals surface area contributed by atoms with E-state index in [0.29, 0.717) is 6.42 Å². The van der Waals surface area contributed by atoms with E-state index >= 15 is 0 Å². The third-order valence-corrected chi connectivity index (χ3v) is 4.62. The fourth-order valence-electron chi connectivity index (χ4n) is 3.25. The van der Waals surface area contributed by atoms with Crippen molar-refractivity contribution in [1.29, 1.82) is 0 Å². The first-order valence-electron chi connectivity index (χ1n) is 8.41. The van der Waals surface area contributed by atoms with E-state index in [0.717, 1.165) is 50.3 Å². The largest absolute Gasteiger partial charge is 0.490 e. The lowest BCUT2D eigenvalue weighted by atomic mass is 9.80. The van der Waals surface area contributed by atoms with E-state index in [9.17, 15) is 18.0 Å². The van der Waals surface area contributed by atoms with Crippen molar-refractivity contribution in [3.05, 3.63) is 23.9 Å². The number of carboxylic acid groups (broad SMARTS) is 1. The summed E-state index contributed by atoms with van der Waals surface area (Å²) >= 11 is 0. The number of carbonyl (C=O) groups is 2. The van der Waals surface area contributed by atoms with Crippen molar-refractivity contribution in [3.63, 3.8) is 0 Å². The van der Waals surface area contributed by atoms with Gasteiger partial charge in [0.05, 0.1) is 0 Å². The minimum Gasteiger partial charge on any atom is -0.475 e. The number of hydrogen-bond donors (Lipinski definition) is 2. The van der Waals surface area contributed by atoms with Crippen LogP contribution in [0, 0.1) is 6.92 Å². The van der Waals surface area contributed by atoms with Crippen LogP contribution in [0.1, 0.15) is 37.8 Å². The molecule has 0 aromatic carbocycles. The van der Waals surface area contributed by atoms with Gasteiger partial charge in [-0.1, -0.05) is 6.07 Å². The van der Waals surface area contributed by atoms with Gasteiger partial charge in [0, 0.05) is 30.7 Å². The molecular formula is C17H22F3N3O3. The van der Waals surface area contributed by atoms with E-state index < -0.39 is 12.1 Å². The normalized spacial score (nSPS) is 19.4. The number of aromatic nitrogens is 1. The molecule has 1 spiro atoms. The fourth-order valence-corrected chi connectivity index (χ4v) is 3.25. The number of amides is 1. The third kappa shape index (κ3) is 5.34. The monoisotopic (exact) mass is 373 g/mol. The zero-order valence-corrected chi connectivity index (χ0v) is 14.5. The fraction of sp³-hybridized carbons (Fsp3) is 0.588. The van der Waals surface area contributed by atoms with Gasteiger partial charge in [0.15, 0.2) is 0 Å². The molecule has 2 N–H and O–H groups in total. The molecule has 0 bridgehead atoms. The second-order valence-corrected chi connectivity index (χ2v) is 6.61. The number of aliphatic carboxylic acids is 1.